The lowest BCUT2D eigenvalue weighted by Gasteiger charge is -2.23. The SMILES string of the molecule is O=C(O)[C@H]1CCCN1C(=O)c1cccc(S(=O)(=O)N2CCCCCC2)c1. The predicted octanol–water partition coefficient (Wildman–Crippen LogP) is 1.94. The molecule has 1 aromatic rings. The van der Waals surface area contributed by atoms with Crippen molar-refractivity contribution in [2.75, 3.05) is 19.6 Å². The Morgan fingerprint density at radius 3 is 2.35 bits per heavy atom. The highest BCUT2D eigenvalue weighted by atomic mass is 32.2. The summed E-state index contributed by atoms with van der Waals surface area (Å²) in [7, 11) is -3.65. The Morgan fingerprint density at radius 2 is 1.69 bits per heavy atom. The van der Waals surface area contributed by atoms with E-state index in [-0.39, 0.29) is 10.5 Å². The van der Waals surface area contributed by atoms with Gasteiger partial charge in [0, 0.05) is 25.2 Å². The Hall–Kier alpha value is -1.93. The first-order valence-corrected chi connectivity index (χ1v) is 10.5. The Bertz CT molecular complexity index is 785. The van der Waals surface area contributed by atoms with Crippen LogP contribution < -0.4 is 0 Å². The van der Waals surface area contributed by atoms with E-state index in [2.05, 4.69) is 0 Å². The Labute approximate surface area is 153 Å². The summed E-state index contributed by atoms with van der Waals surface area (Å²) in [4.78, 5) is 25.5. The highest BCUT2D eigenvalue weighted by molar-refractivity contribution is 7.89. The summed E-state index contributed by atoms with van der Waals surface area (Å²) < 4.78 is 27.3. The molecule has 1 amide bonds. The zero-order valence-electron chi connectivity index (χ0n) is 14.6. The Balaban J connectivity index is 1.85. The van der Waals surface area contributed by atoms with E-state index in [1.54, 1.807) is 12.1 Å². The number of hydrogen-bond acceptors (Lipinski definition) is 4. The summed E-state index contributed by atoms with van der Waals surface area (Å²) >= 11 is 0. The molecule has 1 aromatic carbocycles. The normalized spacial score (nSPS) is 22.2. The van der Waals surface area contributed by atoms with Crippen LogP contribution in [0.15, 0.2) is 29.2 Å². The summed E-state index contributed by atoms with van der Waals surface area (Å²) in [6.07, 6.45) is 4.78. The summed E-state index contributed by atoms with van der Waals surface area (Å²) in [5.41, 5.74) is 0.217. The van der Waals surface area contributed by atoms with Gasteiger partial charge in [-0.25, -0.2) is 13.2 Å². The van der Waals surface area contributed by atoms with Gasteiger partial charge in [0.25, 0.3) is 5.91 Å². The van der Waals surface area contributed by atoms with Crippen LogP contribution in [0.1, 0.15) is 48.9 Å². The van der Waals surface area contributed by atoms with Crippen molar-refractivity contribution in [2.24, 2.45) is 0 Å². The maximum atomic E-state index is 12.9. The zero-order valence-corrected chi connectivity index (χ0v) is 15.5. The van der Waals surface area contributed by atoms with E-state index in [0.29, 0.717) is 32.5 Å². The van der Waals surface area contributed by atoms with Gasteiger partial charge in [-0.05, 0) is 43.9 Å². The number of carboxylic acid groups (broad SMARTS) is 1. The zero-order chi connectivity index (χ0) is 18.7. The fraction of sp³-hybridized carbons (Fsp3) is 0.556. The molecule has 8 heteroatoms. The molecule has 0 unspecified atom stereocenters. The van der Waals surface area contributed by atoms with E-state index < -0.39 is 27.9 Å². The van der Waals surface area contributed by atoms with Crippen LogP contribution in [-0.2, 0) is 14.8 Å². The molecule has 2 aliphatic heterocycles. The lowest BCUT2D eigenvalue weighted by atomic mass is 10.1. The average molecular weight is 380 g/mol. The van der Waals surface area contributed by atoms with E-state index in [1.165, 1.54) is 21.3 Å². The van der Waals surface area contributed by atoms with Crippen LogP contribution in [-0.4, -0.2) is 60.3 Å². The quantitative estimate of drug-likeness (QED) is 0.861. The standard InChI is InChI=1S/C18H24N2O5S/c21-17(20-12-6-9-16(20)18(22)23)14-7-5-8-15(13-14)26(24,25)19-10-3-1-2-4-11-19/h5,7-8,13,16H,1-4,6,9-12H2,(H,22,23)/t16-/m1/s1. The fourth-order valence-electron chi connectivity index (χ4n) is 3.65. The van der Waals surface area contributed by atoms with E-state index in [4.69, 9.17) is 0 Å². The van der Waals surface area contributed by atoms with Gasteiger partial charge >= 0.3 is 5.97 Å². The van der Waals surface area contributed by atoms with Gasteiger partial charge in [-0.3, -0.25) is 4.79 Å². The van der Waals surface area contributed by atoms with Crippen molar-refractivity contribution in [3.05, 3.63) is 29.8 Å². The van der Waals surface area contributed by atoms with Gasteiger partial charge < -0.3 is 10.0 Å². The van der Waals surface area contributed by atoms with Crippen molar-refractivity contribution >= 4 is 21.9 Å². The molecule has 2 heterocycles. The van der Waals surface area contributed by atoms with Crippen LogP contribution in [0.5, 0.6) is 0 Å². The van der Waals surface area contributed by atoms with Crippen LogP contribution in [0.4, 0.5) is 0 Å². The van der Waals surface area contributed by atoms with E-state index in [9.17, 15) is 23.1 Å². The fourth-order valence-corrected chi connectivity index (χ4v) is 5.22. The monoisotopic (exact) mass is 380 g/mol. The molecular weight excluding hydrogens is 356 g/mol. The van der Waals surface area contributed by atoms with Crippen LogP contribution in [0.25, 0.3) is 0 Å². The van der Waals surface area contributed by atoms with Gasteiger partial charge in [0.15, 0.2) is 0 Å². The number of carbonyl (C=O) groups is 2. The number of benzene rings is 1. The number of sulfonamides is 1. The minimum atomic E-state index is -3.65. The van der Waals surface area contributed by atoms with Gasteiger partial charge in [0.2, 0.25) is 10.0 Å². The average Bonchev–Trinajstić information content (AvgIpc) is 2.96. The minimum absolute atomic E-state index is 0.0938. The van der Waals surface area contributed by atoms with Crippen molar-refractivity contribution in [1.29, 1.82) is 0 Å². The third-order valence-electron chi connectivity index (χ3n) is 5.08. The summed E-state index contributed by atoms with van der Waals surface area (Å²) in [6, 6.07) is 5.12. The van der Waals surface area contributed by atoms with Crippen LogP contribution in [0.3, 0.4) is 0 Å². The van der Waals surface area contributed by atoms with Crippen molar-refractivity contribution < 1.29 is 23.1 Å². The molecule has 0 aromatic heterocycles. The second-order valence-corrected chi connectivity index (χ2v) is 8.78. The van der Waals surface area contributed by atoms with E-state index in [0.717, 1.165) is 25.7 Å². The van der Waals surface area contributed by atoms with Gasteiger partial charge in [0.05, 0.1) is 4.90 Å². The smallest absolute Gasteiger partial charge is 0.326 e. The molecule has 0 bridgehead atoms. The Morgan fingerprint density at radius 1 is 1.00 bits per heavy atom. The highest BCUT2D eigenvalue weighted by Crippen LogP contribution is 2.24. The topological polar surface area (TPSA) is 95.0 Å². The lowest BCUT2D eigenvalue weighted by Crippen LogP contribution is -2.40. The number of carbonyl (C=O) groups excluding carboxylic acids is 1. The minimum Gasteiger partial charge on any atom is -0.480 e. The van der Waals surface area contributed by atoms with E-state index in [1.807, 2.05) is 0 Å². The highest BCUT2D eigenvalue weighted by Gasteiger charge is 2.35. The number of nitrogens with zero attached hydrogens (tertiary/aromatic N) is 2. The number of aliphatic carboxylic acids is 1. The van der Waals surface area contributed by atoms with Crippen molar-refractivity contribution in [3.8, 4) is 0 Å². The molecule has 2 fully saturated rings. The van der Waals surface area contributed by atoms with Gasteiger partial charge in [0.1, 0.15) is 6.04 Å². The molecule has 3 rings (SSSR count). The second-order valence-electron chi connectivity index (χ2n) is 6.84. The molecule has 7 nitrogen and oxygen atoms in total. The third kappa shape index (κ3) is 3.76. The molecule has 1 N–H and O–H groups in total. The first kappa shape index (κ1) is 18.8. The molecule has 2 aliphatic rings. The summed E-state index contributed by atoms with van der Waals surface area (Å²) in [6.45, 7) is 1.36. The van der Waals surface area contributed by atoms with Gasteiger partial charge in [-0.2, -0.15) is 4.31 Å². The molecule has 2 saturated heterocycles. The predicted molar refractivity (Wildman–Crippen MR) is 95.4 cm³/mol. The van der Waals surface area contributed by atoms with Gasteiger partial charge in [-0.1, -0.05) is 18.9 Å². The van der Waals surface area contributed by atoms with Crippen molar-refractivity contribution in [3.63, 3.8) is 0 Å². The molecular formula is C18H24N2O5S. The molecule has 0 saturated carbocycles. The first-order chi connectivity index (χ1) is 12.4. The maximum Gasteiger partial charge on any atom is 0.326 e. The summed E-state index contributed by atoms with van der Waals surface area (Å²) in [5.74, 6) is -1.45. The number of amides is 1. The first-order valence-electron chi connectivity index (χ1n) is 9.05. The largest absolute Gasteiger partial charge is 0.480 e. The number of hydrogen-bond donors (Lipinski definition) is 1. The third-order valence-corrected chi connectivity index (χ3v) is 6.98. The Kier molecular flexibility index (Phi) is 5.62. The van der Waals surface area contributed by atoms with Crippen LogP contribution >= 0.6 is 0 Å². The van der Waals surface area contributed by atoms with Crippen molar-refractivity contribution in [2.45, 2.75) is 49.5 Å². The molecule has 0 radical (unpaired) electrons. The lowest BCUT2D eigenvalue weighted by molar-refractivity contribution is -0.141. The van der Waals surface area contributed by atoms with Gasteiger partial charge in [-0.15, -0.1) is 0 Å². The summed E-state index contributed by atoms with van der Waals surface area (Å²) in [5, 5.41) is 9.26. The molecule has 142 valence electrons. The number of carboxylic acids is 1. The van der Waals surface area contributed by atoms with E-state index >= 15 is 0 Å². The van der Waals surface area contributed by atoms with Crippen LogP contribution in [0.2, 0.25) is 0 Å². The second kappa shape index (κ2) is 7.75. The molecule has 0 spiro atoms. The molecule has 26 heavy (non-hydrogen) atoms. The van der Waals surface area contributed by atoms with Crippen molar-refractivity contribution in [1.82, 2.24) is 9.21 Å². The number of likely N-dealkylation sites (tertiary alicyclic amines) is 1. The molecule has 0 aliphatic carbocycles. The molecule has 1 atom stereocenters. The number of rotatable bonds is 4. The maximum absolute atomic E-state index is 12.9. The van der Waals surface area contributed by atoms with Crippen LogP contribution in [0, 0.1) is 0 Å².